The number of hydrogen-bond acceptors (Lipinski definition) is 6. The monoisotopic (exact) mass is 296 g/mol. The molecule has 0 saturated heterocycles. The van der Waals surface area contributed by atoms with E-state index in [9.17, 15) is 5.11 Å². The highest BCUT2D eigenvalue weighted by Crippen LogP contribution is 2.33. The summed E-state index contributed by atoms with van der Waals surface area (Å²) in [5, 5.41) is 10.4. The number of nitrogen functional groups attached to an aromatic ring is 2. The van der Waals surface area contributed by atoms with Crippen LogP contribution in [0.3, 0.4) is 0 Å². The number of aromatic nitrogens is 2. The van der Waals surface area contributed by atoms with E-state index in [-0.39, 0.29) is 0 Å². The Morgan fingerprint density at radius 2 is 1.84 bits per heavy atom. The van der Waals surface area contributed by atoms with Gasteiger partial charge in [0.05, 0.1) is 11.1 Å². The first-order valence-corrected chi connectivity index (χ1v) is 6.70. The second-order valence-corrected chi connectivity index (χ2v) is 5.38. The Morgan fingerprint density at radius 3 is 2.37 bits per heavy atom. The number of aliphatic hydroxyl groups excluding tert-OH is 1. The lowest BCUT2D eigenvalue weighted by atomic mass is 10.1. The number of nitrogens with zero attached hydrogens (tertiary/aromatic N) is 2. The second kappa shape index (κ2) is 5.64. The highest BCUT2D eigenvalue weighted by atomic mass is 35.5. The molecule has 0 fully saturated rings. The Morgan fingerprint density at radius 1 is 1.21 bits per heavy atom. The summed E-state index contributed by atoms with van der Waals surface area (Å²) in [6.45, 7) is 1.68. The van der Waals surface area contributed by atoms with Crippen molar-refractivity contribution in [3.8, 4) is 0 Å². The van der Waals surface area contributed by atoms with Gasteiger partial charge < -0.3 is 16.6 Å². The number of nitrogens with two attached hydrogens (primary N) is 2. The van der Waals surface area contributed by atoms with Crippen molar-refractivity contribution in [3.05, 3.63) is 34.9 Å². The Bertz CT molecular complexity index is 586. The van der Waals surface area contributed by atoms with Crippen LogP contribution >= 0.6 is 23.4 Å². The van der Waals surface area contributed by atoms with Gasteiger partial charge in [-0.15, -0.1) is 0 Å². The van der Waals surface area contributed by atoms with E-state index in [1.165, 1.54) is 17.8 Å². The number of anilines is 2. The van der Waals surface area contributed by atoms with Gasteiger partial charge in [-0.2, -0.15) is 0 Å². The number of rotatable bonds is 3. The third-order valence-corrected chi connectivity index (χ3v) is 3.75. The number of hydrogen-bond donors (Lipinski definition) is 3. The van der Waals surface area contributed by atoms with Crippen LogP contribution in [0, 0.1) is 0 Å². The van der Waals surface area contributed by atoms with Gasteiger partial charge in [-0.25, -0.2) is 9.97 Å². The molecule has 2 rings (SSSR count). The minimum atomic E-state index is -0.559. The van der Waals surface area contributed by atoms with Crippen LogP contribution in [0.2, 0.25) is 5.02 Å². The van der Waals surface area contributed by atoms with Crippen molar-refractivity contribution in [2.75, 3.05) is 11.5 Å². The molecule has 1 aromatic carbocycles. The average Bonchev–Trinajstić information content (AvgIpc) is 2.30. The van der Waals surface area contributed by atoms with E-state index in [2.05, 4.69) is 9.97 Å². The second-order valence-electron chi connectivity index (χ2n) is 3.97. The number of halogens is 1. The van der Waals surface area contributed by atoms with E-state index in [0.29, 0.717) is 21.8 Å². The topological polar surface area (TPSA) is 98.0 Å². The first-order valence-electron chi connectivity index (χ1n) is 5.51. The van der Waals surface area contributed by atoms with Crippen molar-refractivity contribution in [1.29, 1.82) is 0 Å². The normalized spacial score (nSPS) is 12.4. The summed E-state index contributed by atoms with van der Waals surface area (Å²) >= 11 is 7.42. The number of benzene rings is 1. The summed E-state index contributed by atoms with van der Waals surface area (Å²) in [6.07, 6.45) is -0.559. The molecular formula is C12H13ClN4OS. The molecule has 0 spiro atoms. The highest BCUT2D eigenvalue weighted by molar-refractivity contribution is 7.99. The quantitative estimate of drug-likeness (QED) is 0.753. The molecule has 0 radical (unpaired) electrons. The van der Waals surface area contributed by atoms with Crippen LogP contribution in [0.4, 0.5) is 11.6 Å². The first kappa shape index (κ1) is 13.9. The van der Waals surface area contributed by atoms with Gasteiger partial charge in [0.15, 0.2) is 5.16 Å². The maximum atomic E-state index is 9.48. The van der Waals surface area contributed by atoms with Gasteiger partial charge in [0.1, 0.15) is 11.6 Å². The third kappa shape index (κ3) is 3.50. The van der Waals surface area contributed by atoms with Crippen molar-refractivity contribution in [3.63, 3.8) is 0 Å². The van der Waals surface area contributed by atoms with Gasteiger partial charge in [-0.3, -0.25) is 0 Å². The van der Waals surface area contributed by atoms with Gasteiger partial charge >= 0.3 is 0 Å². The van der Waals surface area contributed by atoms with E-state index in [0.717, 1.165) is 10.5 Å². The molecule has 7 heteroatoms. The van der Waals surface area contributed by atoms with Crippen molar-refractivity contribution in [2.24, 2.45) is 0 Å². The van der Waals surface area contributed by atoms with Gasteiger partial charge in [0, 0.05) is 11.0 Å². The molecular weight excluding hydrogens is 284 g/mol. The van der Waals surface area contributed by atoms with Crippen LogP contribution in [0.15, 0.2) is 34.3 Å². The summed E-state index contributed by atoms with van der Waals surface area (Å²) < 4.78 is 0. The summed E-state index contributed by atoms with van der Waals surface area (Å²) in [4.78, 5) is 8.91. The Balaban J connectivity index is 2.28. The molecule has 2 aromatic rings. The average molecular weight is 297 g/mol. The first-order chi connectivity index (χ1) is 8.95. The van der Waals surface area contributed by atoms with Crippen LogP contribution in [-0.4, -0.2) is 15.1 Å². The molecule has 0 saturated carbocycles. The standard InChI is InChI=1S/C12H13ClN4OS/c1-6(18)7-2-3-9(8(13)4-7)19-12-16-10(14)5-11(15)17-12/h2-6,18H,1H3,(H4,14,15,16,17)/t6-/m1/s1. The Hall–Kier alpha value is -1.50. The minimum Gasteiger partial charge on any atom is -0.389 e. The van der Waals surface area contributed by atoms with Crippen LogP contribution in [0.25, 0.3) is 0 Å². The van der Waals surface area contributed by atoms with Crippen molar-refractivity contribution in [2.45, 2.75) is 23.1 Å². The Kier molecular flexibility index (Phi) is 4.14. The molecule has 1 aromatic heterocycles. The zero-order valence-corrected chi connectivity index (χ0v) is 11.7. The predicted octanol–water partition coefficient (Wildman–Crippen LogP) is 2.50. The van der Waals surface area contributed by atoms with Crippen LogP contribution < -0.4 is 11.5 Å². The van der Waals surface area contributed by atoms with E-state index >= 15 is 0 Å². The Labute approximate surface area is 120 Å². The fraction of sp³-hybridized carbons (Fsp3) is 0.167. The lowest BCUT2D eigenvalue weighted by molar-refractivity contribution is 0.199. The molecule has 0 bridgehead atoms. The molecule has 0 aliphatic heterocycles. The summed E-state index contributed by atoms with van der Waals surface area (Å²) in [7, 11) is 0. The fourth-order valence-corrected chi connectivity index (χ4v) is 2.56. The van der Waals surface area contributed by atoms with Gasteiger partial charge in [0.25, 0.3) is 0 Å². The third-order valence-electron chi connectivity index (χ3n) is 2.38. The molecule has 19 heavy (non-hydrogen) atoms. The molecule has 5 N–H and O–H groups in total. The molecule has 0 aliphatic rings. The van der Waals surface area contributed by atoms with E-state index in [1.54, 1.807) is 25.1 Å². The van der Waals surface area contributed by atoms with E-state index in [1.807, 2.05) is 0 Å². The van der Waals surface area contributed by atoms with Crippen LogP contribution in [0.5, 0.6) is 0 Å². The SMILES string of the molecule is C[C@@H](O)c1ccc(Sc2nc(N)cc(N)n2)c(Cl)c1. The largest absolute Gasteiger partial charge is 0.389 e. The van der Waals surface area contributed by atoms with Crippen molar-refractivity contribution >= 4 is 35.0 Å². The highest BCUT2D eigenvalue weighted by Gasteiger charge is 2.09. The van der Waals surface area contributed by atoms with E-state index < -0.39 is 6.10 Å². The van der Waals surface area contributed by atoms with Crippen molar-refractivity contribution < 1.29 is 5.11 Å². The van der Waals surface area contributed by atoms with Crippen LogP contribution in [0.1, 0.15) is 18.6 Å². The number of aliphatic hydroxyl groups is 1. The molecule has 1 atom stereocenters. The predicted molar refractivity (Wildman–Crippen MR) is 77.1 cm³/mol. The molecule has 1 heterocycles. The minimum absolute atomic E-state index is 0.312. The van der Waals surface area contributed by atoms with Crippen molar-refractivity contribution in [1.82, 2.24) is 9.97 Å². The summed E-state index contributed by atoms with van der Waals surface area (Å²) in [6, 6.07) is 6.80. The maximum Gasteiger partial charge on any atom is 0.196 e. The van der Waals surface area contributed by atoms with Crippen LogP contribution in [-0.2, 0) is 0 Å². The maximum absolute atomic E-state index is 9.48. The zero-order valence-electron chi connectivity index (χ0n) is 10.2. The van der Waals surface area contributed by atoms with Gasteiger partial charge in [-0.05, 0) is 36.4 Å². The molecule has 100 valence electrons. The van der Waals surface area contributed by atoms with E-state index in [4.69, 9.17) is 23.1 Å². The fourth-order valence-electron chi connectivity index (χ4n) is 1.47. The molecule has 0 aliphatic carbocycles. The lowest BCUT2D eigenvalue weighted by Gasteiger charge is -2.08. The van der Waals surface area contributed by atoms with Gasteiger partial charge in [0.2, 0.25) is 0 Å². The summed E-state index contributed by atoms with van der Waals surface area (Å²) in [5.41, 5.74) is 12.0. The molecule has 0 unspecified atom stereocenters. The summed E-state index contributed by atoms with van der Waals surface area (Å²) in [5.74, 6) is 0.624. The zero-order chi connectivity index (χ0) is 14.0. The smallest absolute Gasteiger partial charge is 0.196 e. The molecule has 0 amide bonds. The van der Waals surface area contributed by atoms with Gasteiger partial charge in [-0.1, -0.05) is 17.7 Å². The molecule has 5 nitrogen and oxygen atoms in total. The lowest BCUT2D eigenvalue weighted by Crippen LogP contribution is -1.99.